The smallest absolute Gasteiger partial charge is 0.137 e. The zero-order chi connectivity index (χ0) is 21.1. The molecule has 0 radical (unpaired) electrons. The Morgan fingerprint density at radius 2 is 2.10 bits per heavy atom. The molecule has 5 rings (SSSR count). The van der Waals surface area contributed by atoms with Gasteiger partial charge in [0.1, 0.15) is 17.1 Å². The number of carbonyl (C=O) groups is 1. The van der Waals surface area contributed by atoms with Crippen molar-refractivity contribution in [2.75, 3.05) is 0 Å². The van der Waals surface area contributed by atoms with E-state index in [0.717, 1.165) is 70.0 Å². The Bertz CT molecular complexity index is 873. The highest BCUT2D eigenvalue weighted by Crippen LogP contribution is 2.67. The quantitative estimate of drug-likeness (QED) is 0.723. The van der Waals surface area contributed by atoms with Crippen molar-refractivity contribution in [3.05, 3.63) is 23.0 Å². The number of ketones is 1. The fourth-order valence-corrected chi connectivity index (χ4v) is 7.82. The van der Waals surface area contributed by atoms with Gasteiger partial charge in [0.05, 0.1) is 6.20 Å². The topological polar surface area (TPSA) is 68.0 Å². The second kappa shape index (κ2) is 7.29. The summed E-state index contributed by atoms with van der Waals surface area (Å²) in [6.45, 7) is 7.77. The molecule has 0 aromatic carbocycles. The van der Waals surface area contributed by atoms with Crippen molar-refractivity contribution in [1.29, 1.82) is 0 Å². The third-order valence-corrected chi connectivity index (χ3v) is 9.40. The van der Waals surface area contributed by atoms with Crippen molar-refractivity contribution < 1.29 is 9.90 Å². The predicted octanol–water partition coefficient (Wildman–Crippen LogP) is 4.80. The number of allylic oxidation sites excluding steroid dienone is 2. The highest BCUT2D eigenvalue weighted by atomic mass is 16.3. The molecule has 30 heavy (non-hydrogen) atoms. The average Bonchev–Trinajstić information content (AvgIpc) is 3.30. The van der Waals surface area contributed by atoms with Gasteiger partial charge in [0.2, 0.25) is 0 Å². The van der Waals surface area contributed by atoms with Crippen LogP contribution in [-0.2, 0) is 16.9 Å². The molecule has 5 nitrogen and oxygen atoms in total. The Morgan fingerprint density at radius 3 is 2.90 bits per heavy atom. The standard InChI is InChI=1S/C25H37N3O2/c1-4-5-12-28-15-22(26-27-28)25(30)11-9-21-23-16(2)13-17-14-18(29)6-7-19(17)20(23)8-10-24(21,25)3/h15-16,20-21,23,30H,4-14H2,1-3H3/t16-,20?,21?,23?,24+,25-/m1/s1. The monoisotopic (exact) mass is 411 g/mol. The van der Waals surface area contributed by atoms with Crippen LogP contribution in [0.15, 0.2) is 17.3 Å². The maximum Gasteiger partial charge on any atom is 0.137 e. The normalized spacial score (nSPS) is 40.9. The molecule has 5 heteroatoms. The van der Waals surface area contributed by atoms with E-state index in [4.69, 9.17) is 0 Å². The number of aryl methyl sites for hydroxylation is 1. The van der Waals surface area contributed by atoms with Crippen molar-refractivity contribution in [1.82, 2.24) is 15.0 Å². The third-order valence-electron chi connectivity index (χ3n) is 9.40. The summed E-state index contributed by atoms with van der Waals surface area (Å²) in [7, 11) is 0. The molecule has 0 spiro atoms. The molecule has 1 aromatic heterocycles. The lowest BCUT2D eigenvalue weighted by molar-refractivity contribution is -0.124. The zero-order valence-electron chi connectivity index (χ0n) is 18.9. The molecule has 0 bridgehead atoms. The third kappa shape index (κ3) is 2.87. The van der Waals surface area contributed by atoms with Crippen LogP contribution in [-0.4, -0.2) is 25.9 Å². The molecule has 3 unspecified atom stereocenters. The van der Waals surface area contributed by atoms with Crippen LogP contribution in [0.25, 0.3) is 0 Å². The molecule has 2 saturated carbocycles. The van der Waals surface area contributed by atoms with Gasteiger partial charge in [-0.3, -0.25) is 9.48 Å². The number of aromatic nitrogens is 3. The van der Waals surface area contributed by atoms with Crippen molar-refractivity contribution in [3.63, 3.8) is 0 Å². The first-order valence-electron chi connectivity index (χ1n) is 12.2. The zero-order valence-corrected chi connectivity index (χ0v) is 18.9. The van der Waals surface area contributed by atoms with Gasteiger partial charge in [-0.1, -0.05) is 43.6 Å². The maximum absolute atomic E-state index is 12.0. The van der Waals surface area contributed by atoms with Gasteiger partial charge in [-0.15, -0.1) is 5.10 Å². The molecule has 1 N–H and O–H groups in total. The summed E-state index contributed by atoms with van der Waals surface area (Å²) in [5.41, 5.74) is 2.87. The van der Waals surface area contributed by atoms with Crippen LogP contribution in [0.3, 0.4) is 0 Å². The number of nitrogens with zero attached hydrogens (tertiary/aromatic N) is 3. The molecule has 0 amide bonds. The Balaban J connectivity index is 1.45. The molecular formula is C25H37N3O2. The SMILES string of the molecule is CCCCn1cc([C@]2(O)CCC3C4C(CC[C@@]32C)C2=C(CC(=O)CC2)C[C@H]4C)nn1. The number of aliphatic hydroxyl groups is 1. The van der Waals surface area contributed by atoms with E-state index in [1.807, 2.05) is 10.9 Å². The van der Waals surface area contributed by atoms with Crippen LogP contribution in [0.4, 0.5) is 0 Å². The Labute approximate surface area is 180 Å². The van der Waals surface area contributed by atoms with Gasteiger partial charge in [0.25, 0.3) is 0 Å². The molecule has 0 aliphatic heterocycles. The Kier molecular flexibility index (Phi) is 4.96. The van der Waals surface area contributed by atoms with Gasteiger partial charge >= 0.3 is 0 Å². The van der Waals surface area contributed by atoms with E-state index in [1.165, 1.54) is 5.57 Å². The first-order valence-corrected chi connectivity index (χ1v) is 12.2. The van der Waals surface area contributed by atoms with Crippen molar-refractivity contribution in [2.24, 2.45) is 29.1 Å². The van der Waals surface area contributed by atoms with Crippen LogP contribution in [0.2, 0.25) is 0 Å². The molecule has 1 heterocycles. The predicted molar refractivity (Wildman–Crippen MR) is 116 cm³/mol. The molecular weight excluding hydrogens is 374 g/mol. The lowest BCUT2D eigenvalue weighted by atomic mass is 9.50. The largest absolute Gasteiger partial charge is 0.383 e. The van der Waals surface area contributed by atoms with Crippen LogP contribution >= 0.6 is 0 Å². The molecule has 1 aromatic rings. The first kappa shape index (κ1) is 20.4. The van der Waals surface area contributed by atoms with Crippen LogP contribution in [0, 0.1) is 29.1 Å². The molecule has 2 fully saturated rings. The molecule has 164 valence electrons. The van der Waals surface area contributed by atoms with E-state index >= 15 is 0 Å². The Morgan fingerprint density at radius 1 is 1.27 bits per heavy atom. The number of hydrogen-bond donors (Lipinski definition) is 1. The molecule has 6 atom stereocenters. The second-order valence-electron chi connectivity index (χ2n) is 10.9. The molecule has 4 aliphatic rings. The van der Waals surface area contributed by atoms with Gasteiger partial charge in [-0.25, -0.2) is 0 Å². The van der Waals surface area contributed by atoms with Gasteiger partial charge in [-0.05, 0) is 68.6 Å². The number of rotatable bonds is 4. The van der Waals surface area contributed by atoms with Crippen molar-refractivity contribution in [2.45, 2.75) is 97.1 Å². The first-order chi connectivity index (χ1) is 14.4. The summed E-state index contributed by atoms with van der Waals surface area (Å²) in [5, 5.41) is 20.8. The van der Waals surface area contributed by atoms with Crippen LogP contribution in [0.5, 0.6) is 0 Å². The van der Waals surface area contributed by atoms with E-state index in [-0.39, 0.29) is 5.41 Å². The van der Waals surface area contributed by atoms with Crippen molar-refractivity contribution >= 4 is 5.78 Å². The molecule has 0 saturated heterocycles. The van der Waals surface area contributed by atoms with Gasteiger partial charge in [0.15, 0.2) is 0 Å². The van der Waals surface area contributed by atoms with E-state index in [9.17, 15) is 9.90 Å². The van der Waals surface area contributed by atoms with E-state index in [0.29, 0.717) is 35.9 Å². The fourth-order valence-electron chi connectivity index (χ4n) is 7.82. The Hall–Kier alpha value is -1.49. The number of unbranched alkanes of at least 4 members (excludes halogenated alkanes) is 1. The molecule has 4 aliphatic carbocycles. The van der Waals surface area contributed by atoms with Gasteiger partial charge in [-0.2, -0.15) is 0 Å². The summed E-state index contributed by atoms with van der Waals surface area (Å²) >= 11 is 0. The summed E-state index contributed by atoms with van der Waals surface area (Å²) in [4.78, 5) is 12.0. The second-order valence-corrected chi connectivity index (χ2v) is 10.9. The lowest BCUT2D eigenvalue weighted by Crippen LogP contribution is -2.51. The highest BCUT2D eigenvalue weighted by molar-refractivity contribution is 5.82. The minimum absolute atomic E-state index is 0.142. The number of fused-ring (bicyclic) bond motifs is 4. The number of Topliss-reactive ketones (excluding diaryl/α,β-unsaturated/α-hetero) is 1. The average molecular weight is 412 g/mol. The number of carbonyl (C=O) groups excluding carboxylic acids is 1. The van der Waals surface area contributed by atoms with E-state index in [2.05, 4.69) is 31.1 Å². The van der Waals surface area contributed by atoms with Gasteiger partial charge in [0, 0.05) is 24.8 Å². The summed E-state index contributed by atoms with van der Waals surface area (Å²) < 4.78 is 1.92. The van der Waals surface area contributed by atoms with E-state index < -0.39 is 5.60 Å². The van der Waals surface area contributed by atoms with Crippen LogP contribution in [0.1, 0.15) is 90.7 Å². The van der Waals surface area contributed by atoms with Crippen molar-refractivity contribution in [3.8, 4) is 0 Å². The lowest BCUT2D eigenvalue weighted by Gasteiger charge is -2.55. The van der Waals surface area contributed by atoms with E-state index in [1.54, 1.807) is 5.57 Å². The fraction of sp³-hybridized carbons (Fsp3) is 0.800. The van der Waals surface area contributed by atoms with Gasteiger partial charge < -0.3 is 5.11 Å². The van der Waals surface area contributed by atoms with Crippen LogP contribution < -0.4 is 0 Å². The minimum atomic E-state index is -0.871. The summed E-state index contributed by atoms with van der Waals surface area (Å²) in [6, 6.07) is 0. The number of hydrogen-bond acceptors (Lipinski definition) is 4. The highest BCUT2D eigenvalue weighted by Gasteiger charge is 2.64. The maximum atomic E-state index is 12.0. The summed E-state index contributed by atoms with van der Waals surface area (Å²) in [6.07, 6.45) is 11.8. The summed E-state index contributed by atoms with van der Waals surface area (Å²) in [5.74, 6) is 2.79. The minimum Gasteiger partial charge on any atom is -0.383 e.